The molecule has 0 amide bonds. The van der Waals surface area contributed by atoms with Crippen LogP contribution in [0.2, 0.25) is 0 Å². The second-order valence-corrected chi connectivity index (χ2v) is 6.99. The van der Waals surface area contributed by atoms with E-state index < -0.39 is 0 Å². The molecule has 5 nitrogen and oxygen atoms in total. The van der Waals surface area contributed by atoms with Crippen molar-refractivity contribution in [2.24, 2.45) is 0 Å². The van der Waals surface area contributed by atoms with E-state index in [0.717, 1.165) is 49.1 Å². The summed E-state index contributed by atoms with van der Waals surface area (Å²) in [4.78, 5) is 9.26. The van der Waals surface area contributed by atoms with Crippen molar-refractivity contribution in [1.82, 2.24) is 14.3 Å². The van der Waals surface area contributed by atoms with Crippen LogP contribution in [0, 0.1) is 18.3 Å². The molecule has 0 saturated carbocycles. The van der Waals surface area contributed by atoms with E-state index >= 15 is 0 Å². The van der Waals surface area contributed by atoms with Crippen LogP contribution in [0.5, 0.6) is 0 Å². The first-order chi connectivity index (χ1) is 11.6. The van der Waals surface area contributed by atoms with Crippen molar-refractivity contribution in [2.45, 2.75) is 45.6 Å². The Labute approximate surface area is 144 Å². The summed E-state index contributed by atoms with van der Waals surface area (Å²) in [5.41, 5.74) is 3.93. The molecule has 3 rings (SSSR count). The van der Waals surface area contributed by atoms with Crippen LogP contribution < -0.4 is 4.90 Å². The molecule has 1 atom stereocenters. The normalized spacial score (nSPS) is 17.8. The van der Waals surface area contributed by atoms with Gasteiger partial charge in [-0.05, 0) is 51.4 Å². The maximum absolute atomic E-state index is 9.63. The van der Waals surface area contributed by atoms with Gasteiger partial charge >= 0.3 is 0 Å². The second kappa shape index (κ2) is 6.82. The Hall–Kier alpha value is -2.06. The van der Waals surface area contributed by atoms with E-state index in [1.54, 1.807) is 0 Å². The third-order valence-electron chi connectivity index (χ3n) is 5.28. The summed E-state index contributed by atoms with van der Waals surface area (Å²) < 4.78 is 2.13. The van der Waals surface area contributed by atoms with Crippen LogP contribution in [-0.2, 0) is 6.42 Å². The zero-order valence-corrected chi connectivity index (χ0v) is 15.2. The molecule has 0 aromatic carbocycles. The Balaban J connectivity index is 2.14. The molecular formula is C19H27N5. The van der Waals surface area contributed by atoms with Crippen LogP contribution in [-0.4, -0.2) is 47.5 Å². The molecule has 1 aliphatic rings. The second-order valence-electron chi connectivity index (χ2n) is 6.99. The fourth-order valence-electron chi connectivity index (χ4n) is 3.78. The number of anilines is 1. The van der Waals surface area contributed by atoms with Crippen molar-refractivity contribution in [2.75, 3.05) is 32.1 Å². The van der Waals surface area contributed by atoms with Crippen molar-refractivity contribution in [1.29, 1.82) is 5.26 Å². The van der Waals surface area contributed by atoms with Gasteiger partial charge in [0, 0.05) is 31.5 Å². The summed E-state index contributed by atoms with van der Waals surface area (Å²) in [6.45, 7) is 6.39. The SMILES string of the molecule is CCCCc1c(C)c(C#N)c2nccn2c1N1CC[C@H](N(C)C)C1. The molecule has 1 fully saturated rings. The van der Waals surface area contributed by atoms with Gasteiger partial charge in [-0.25, -0.2) is 4.98 Å². The average Bonchev–Trinajstić information content (AvgIpc) is 3.22. The maximum atomic E-state index is 9.63. The highest BCUT2D eigenvalue weighted by atomic mass is 15.3. The van der Waals surface area contributed by atoms with Gasteiger partial charge in [-0.15, -0.1) is 0 Å². The number of pyridine rings is 1. The van der Waals surface area contributed by atoms with Gasteiger partial charge in [-0.1, -0.05) is 13.3 Å². The van der Waals surface area contributed by atoms with Crippen molar-refractivity contribution in [3.8, 4) is 6.07 Å². The minimum Gasteiger partial charge on any atom is -0.356 e. The highest BCUT2D eigenvalue weighted by Gasteiger charge is 2.29. The van der Waals surface area contributed by atoms with E-state index in [9.17, 15) is 5.26 Å². The first kappa shape index (κ1) is 16.8. The lowest BCUT2D eigenvalue weighted by molar-refractivity contribution is 0.315. The van der Waals surface area contributed by atoms with Crippen molar-refractivity contribution >= 4 is 11.5 Å². The van der Waals surface area contributed by atoms with Gasteiger partial charge in [0.05, 0.1) is 5.56 Å². The zero-order chi connectivity index (χ0) is 17.3. The predicted octanol–water partition coefficient (Wildman–Crippen LogP) is 3.00. The van der Waals surface area contributed by atoms with E-state index in [2.05, 4.69) is 53.2 Å². The summed E-state index contributed by atoms with van der Waals surface area (Å²) in [5.74, 6) is 1.25. The number of nitrogens with zero attached hydrogens (tertiary/aromatic N) is 5. The van der Waals surface area contributed by atoms with Crippen molar-refractivity contribution in [3.05, 3.63) is 29.1 Å². The van der Waals surface area contributed by atoms with Crippen LogP contribution in [0.15, 0.2) is 12.4 Å². The number of hydrogen-bond acceptors (Lipinski definition) is 4. The number of unbranched alkanes of at least 4 members (excludes halogenated alkanes) is 1. The Morgan fingerprint density at radius 3 is 2.83 bits per heavy atom. The molecule has 0 unspecified atom stereocenters. The lowest BCUT2D eigenvalue weighted by atomic mass is 9.99. The van der Waals surface area contributed by atoms with Crippen LogP contribution in [0.3, 0.4) is 0 Å². The number of rotatable bonds is 5. The Kier molecular flexibility index (Phi) is 4.77. The number of aromatic nitrogens is 2. The molecular weight excluding hydrogens is 298 g/mol. The van der Waals surface area contributed by atoms with Crippen LogP contribution in [0.4, 0.5) is 5.82 Å². The first-order valence-electron chi connectivity index (χ1n) is 8.88. The molecule has 24 heavy (non-hydrogen) atoms. The Bertz CT molecular complexity index is 768. The van der Waals surface area contributed by atoms with Gasteiger partial charge in [0.1, 0.15) is 11.9 Å². The fourth-order valence-corrected chi connectivity index (χ4v) is 3.78. The quantitative estimate of drug-likeness (QED) is 0.848. The summed E-state index contributed by atoms with van der Waals surface area (Å²) in [7, 11) is 4.31. The lowest BCUT2D eigenvalue weighted by Gasteiger charge is -2.26. The number of likely N-dealkylation sites (N-methyl/N-ethyl adjacent to an activating group) is 1. The number of hydrogen-bond donors (Lipinski definition) is 0. The molecule has 3 heterocycles. The van der Waals surface area contributed by atoms with E-state index in [-0.39, 0.29) is 0 Å². The largest absolute Gasteiger partial charge is 0.356 e. The highest BCUT2D eigenvalue weighted by Crippen LogP contribution is 2.33. The van der Waals surface area contributed by atoms with Gasteiger partial charge in [0.2, 0.25) is 0 Å². The number of fused-ring (bicyclic) bond motifs is 1. The smallest absolute Gasteiger partial charge is 0.156 e. The molecule has 0 N–H and O–H groups in total. The fraction of sp³-hybridized carbons (Fsp3) is 0.579. The predicted molar refractivity (Wildman–Crippen MR) is 97.6 cm³/mol. The Morgan fingerprint density at radius 1 is 1.42 bits per heavy atom. The van der Waals surface area contributed by atoms with Crippen LogP contribution in [0.1, 0.15) is 42.9 Å². The molecule has 0 radical (unpaired) electrons. The van der Waals surface area contributed by atoms with E-state index in [4.69, 9.17) is 0 Å². The van der Waals surface area contributed by atoms with Gasteiger partial charge in [0.25, 0.3) is 0 Å². The zero-order valence-electron chi connectivity index (χ0n) is 15.2. The molecule has 5 heteroatoms. The van der Waals surface area contributed by atoms with Crippen LogP contribution in [0.25, 0.3) is 5.65 Å². The lowest BCUT2D eigenvalue weighted by Crippen LogP contribution is -2.32. The van der Waals surface area contributed by atoms with E-state index in [1.807, 2.05) is 12.4 Å². The third kappa shape index (κ3) is 2.76. The van der Waals surface area contributed by atoms with Crippen LogP contribution >= 0.6 is 0 Å². The molecule has 2 aromatic rings. The summed E-state index contributed by atoms with van der Waals surface area (Å²) in [6, 6.07) is 2.96. The van der Waals surface area contributed by atoms with E-state index in [1.165, 1.54) is 17.8 Å². The van der Waals surface area contributed by atoms with Gasteiger partial charge < -0.3 is 9.80 Å². The maximum Gasteiger partial charge on any atom is 0.156 e. The summed E-state index contributed by atoms with van der Waals surface area (Å²) in [6.07, 6.45) is 8.30. The molecule has 2 aromatic heterocycles. The summed E-state index contributed by atoms with van der Waals surface area (Å²) >= 11 is 0. The summed E-state index contributed by atoms with van der Waals surface area (Å²) in [5, 5.41) is 9.63. The standard InChI is InChI=1S/C19H27N5/c1-5-6-7-16-14(2)17(12-20)18-21-9-11-24(18)19(16)23-10-8-15(13-23)22(3)4/h9,11,15H,5-8,10,13H2,1-4H3/t15-/m0/s1. The number of nitriles is 1. The van der Waals surface area contributed by atoms with Gasteiger partial charge in [-0.3, -0.25) is 4.40 Å². The Morgan fingerprint density at radius 2 is 2.21 bits per heavy atom. The highest BCUT2D eigenvalue weighted by molar-refractivity contribution is 5.69. The molecule has 0 spiro atoms. The molecule has 0 bridgehead atoms. The van der Waals surface area contributed by atoms with Crippen molar-refractivity contribution < 1.29 is 0 Å². The molecule has 128 valence electrons. The van der Waals surface area contributed by atoms with Crippen molar-refractivity contribution in [3.63, 3.8) is 0 Å². The molecule has 1 saturated heterocycles. The first-order valence-corrected chi connectivity index (χ1v) is 8.88. The third-order valence-corrected chi connectivity index (χ3v) is 5.28. The minimum atomic E-state index is 0.582. The monoisotopic (exact) mass is 325 g/mol. The van der Waals surface area contributed by atoms with Gasteiger partial charge in [0.15, 0.2) is 5.65 Å². The molecule has 0 aliphatic carbocycles. The molecule has 1 aliphatic heterocycles. The number of imidazole rings is 1. The van der Waals surface area contributed by atoms with Gasteiger partial charge in [-0.2, -0.15) is 5.26 Å². The minimum absolute atomic E-state index is 0.582. The topological polar surface area (TPSA) is 47.6 Å². The average molecular weight is 325 g/mol. The van der Waals surface area contributed by atoms with E-state index in [0.29, 0.717) is 6.04 Å².